The SMILES string of the molecule is CC(=O)c1cn(CC(=O)N2C[C@H](F)C[C@H]2C(=O)NCCCc2ccccc2)c2ccc(C(=O)O)cc12. The Balaban J connectivity index is 1.44. The summed E-state index contributed by atoms with van der Waals surface area (Å²) in [5, 5.41) is 12.5. The average molecular weight is 494 g/mol. The summed E-state index contributed by atoms with van der Waals surface area (Å²) in [6.07, 6.45) is 1.64. The van der Waals surface area contributed by atoms with Crippen LogP contribution in [0.25, 0.3) is 10.9 Å². The maximum atomic E-state index is 14.3. The van der Waals surface area contributed by atoms with Gasteiger partial charge in [-0.05, 0) is 43.5 Å². The lowest BCUT2D eigenvalue weighted by atomic mass is 10.1. The molecule has 0 bridgehead atoms. The van der Waals surface area contributed by atoms with Crippen LogP contribution in [0.15, 0.2) is 54.7 Å². The molecule has 9 heteroatoms. The first-order valence-electron chi connectivity index (χ1n) is 11.9. The highest BCUT2D eigenvalue weighted by atomic mass is 19.1. The van der Waals surface area contributed by atoms with E-state index in [1.165, 1.54) is 36.2 Å². The van der Waals surface area contributed by atoms with Crippen molar-refractivity contribution in [3.8, 4) is 0 Å². The maximum absolute atomic E-state index is 14.3. The van der Waals surface area contributed by atoms with E-state index in [4.69, 9.17) is 0 Å². The number of ketones is 1. The Kier molecular flexibility index (Phi) is 7.47. The molecule has 188 valence electrons. The molecule has 36 heavy (non-hydrogen) atoms. The molecule has 2 N–H and O–H groups in total. The zero-order valence-electron chi connectivity index (χ0n) is 19.9. The number of nitrogens with zero attached hydrogens (tertiary/aromatic N) is 2. The van der Waals surface area contributed by atoms with Gasteiger partial charge in [0.25, 0.3) is 0 Å². The Morgan fingerprint density at radius 3 is 2.56 bits per heavy atom. The maximum Gasteiger partial charge on any atom is 0.335 e. The van der Waals surface area contributed by atoms with E-state index in [0.717, 1.165) is 18.4 Å². The molecule has 0 spiro atoms. The number of hydrogen-bond acceptors (Lipinski definition) is 4. The van der Waals surface area contributed by atoms with Crippen LogP contribution < -0.4 is 5.32 Å². The number of alkyl halides is 1. The smallest absolute Gasteiger partial charge is 0.335 e. The van der Waals surface area contributed by atoms with Crippen LogP contribution in [0, 0.1) is 0 Å². The predicted octanol–water partition coefficient (Wildman–Crippen LogP) is 3.23. The number of carboxylic acids is 1. The van der Waals surface area contributed by atoms with Crippen molar-refractivity contribution in [3.63, 3.8) is 0 Å². The van der Waals surface area contributed by atoms with Crippen molar-refractivity contribution in [3.05, 3.63) is 71.4 Å². The first-order valence-corrected chi connectivity index (χ1v) is 11.9. The lowest BCUT2D eigenvalue weighted by Crippen LogP contribution is -2.47. The van der Waals surface area contributed by atoms with Gasteiger partial charge < -0.3 is 19.9 Å². The van der Waals surface area contributed by atoms with Gasteiger partial charge in [-0.2, -0.15) is 0 Å². The average Bonchev–Trinajstić information content (AvgIpc) is 3.43. The fourth-order valence-electron chi connectivity index (χ4n) is 4.65. The molecule has 8 nitrogen and oxygen atoms in total. The summed E-state index contributed by atoms with van der Waals surface area (Å²) >= 11 is 0. The van der Waals surface area contributed by atoms with E-state index in [-0.39, 0.29) is 36.8 Å². The van der Waals surface area contributed by atoms with E-state index in [2.05, 4.69) is 5.32 Å². The number of Topliss-reactive ketones (excluding diaryl/α,β-unsaturated/α-hetero) is 1. The van der Waals surface area contributed by atoms with Crippen LogP contribution in [-0.2, 0) is 22.6 Å². The van der Waals surface area contributed by atoms with Crippen molar-refractivity contribution in [1.82, 2.24) is 14.8 Å². The Hall–Kier alpha value is -4.01. The molecule has 0 radical (unpaired) electrons. The summed E-state index contributed by atoms with van der Waals surface area (Å²) in [6, 6.07) is 13.3. The highest BCUT2D eigenvalue weighted by Crippen LogP contribution is 2.26. The number of hydrogen-bond donors (Lipinski definition) is 2. The molecule has 1 fully saturated rings. The first-order chi connectivity index (χ1) is 17.2. The number of aromatic carboxylic acids is 1. The molecule has 2 amide bonds. The zero-order valence-corrected chi connectivity index (χ0v) is 19.9. The van der Waals surface area contributed by atoms with Crippen LogP contribution >= 0.6 is 0 Å². The van der Waals surface area contributed by atoms with Crippen LogP contribution in [0.5, 0.6) is 0 Å². The van der Waals surface area contributed by atoms with Gasteiger partial charge in [-0.3, -0.25) is 14.4 Å². The fourth-order valence-corrected chi connectivity index (χ4v) is 4.65. The van der Waals surface area contributed by atoms with Crippen molar-refractivity contribution < 1.29 is 28.7 Å². The molecule has 0 unspecified atom stereocenters. The summed E-state index contributed by atoms with van der Waals surface area (Å²) in [4.78, 5) is 50.7. The van der Waals surface area contributed by atoms with Crippen LogP contribution in [0.1, 0.15) is 46.0 Å². The molecule has 0 aliphatic carbocycles. The second-order valence-electron chi connectivity index (χ2n) is 9.04. The van der Waals surface area contributed by atoms with E-state index in [1.807, 2.05) is 30.3 Å². The number of carbonyl (C=O) groups excluding carboxylic acids is 3. The molecule has 2 aromatic carbocycles. The van der Waals surface area contributed by atoms with E-state index >= 15 is 0 Å². The standard InChI is InChI=1S/C27H28FN3O5/c1-17(32)22-15-30(23-10-9-19(27(35)36)12-21(22)23)16-25(33)31-14-20(28)13-24(31)26(34)29-11-5-8-18-6-3-2-4-7-18/h2-4,6-7,9-10,12,15,20,24H,5,8,11,13-14,16H2,1H3,(H,29,34)(H,35,36)/t20-,24+/m1/s1. The molecule has 1 saturated heterocycles. The second kappa shape index (κ2) is 10.7. The quantitative estimate of drug-likeness (QED) is 0.352. The number of benzene rings is 2. The number of carbonyl (C=O) groups is 4. The molecule has 1 aliphatic rings. The lowest BCUT2D eigenvalue weighted by molar-refractivity contribution is -0.138. The third-order valence-electron chi connectivity index (χ3n) is 6.47. The summed E-state index contributed by atoms with van der Waals surface area (Å²) < 4.78 is 15.8. The Bertz CT molecular complexity index is 1300. The number of aromatic nitrogens is 1. The number of fused-ring (bicyclic) bond motifs is 1. The summed E-state index contributed by atoms with van der Waals surface area (Å²) in [5.41, 5.74) is 1.99. The highest BCUT2D eigenvalue weighted by molar-refractivity contribution is 6.08. The summed E-state index contributed by atoms with van der Waals surface area (Å²) in [5.74, 6) is -2.23. The number of aryl methyl sites for hydroxylation is 1. The van der Waals surface area contributed by atoms with E-state index < -0.39 is 24.1 Å². The number of likely N-dealkylation sites (tertiary alicyclic amines) is 1. The van der Waals surface area contributed by atoms with E-state index in [9.17, 15) is 28.7 Å². The van der Waals surface area contributed by atoms with Crippen LogP contribution in [0.3, 0.4) is 0 Å². The molecule has 3 aromatic rings. The third-order valence-corrected chi connectivity index (χ3v) is 6.47. The molecule has 2 heterocycles. The number of rotatable bonds is 9. The van der Waals surface area contributed by atoms with Gasteiger partial charge in [0.1, 0.15) is 18.8 Å². The lowest BCUT2D eigenvalue weighted by Gasteiger charge is -2.24. The van der Waals surface area contributed by atoms with Crippen LogP contribution in [0.2, 0.25) is 0 Å². The molecular formula is C27H28FN3O5. The minimum atomic E-state index is -1.30. The van der Waals surface area contributed by atoms with Gasteiger partial charge >= 0.3 is 5.97 Å². The van der Waals surface area contributed by atoms with Gasteiger partial charge in [0.15, 0.2) is 5.78 Å². The van der Waals surface area contributed by atoms with Crippen molar-refractivity contribution in [1.29, 1.82) is 0 Å². The molecule has 4 rings (SSSR count). The normalized spacial score (nSPS) is 17.3. The molecule has 0 saturated carbocycles. The molecular weight excluding hydrogens is 465 g/mol. The highest BCUT2D eigenvalue weighted by Gasteiger charge is 2.39. The Morgan fingerprint density at radius 1 is 1.11 bits per heavy atom. The van der Waals surface area contributed by atoms with E-state index in [1.54, 1.807) is 4.57 Å². The van der Waals surface area contributed by atoms with Gasteiger partial charge in [-0.15, -0.1) is 0 Å². The minimum Gasteiger partial charge on any atom is -0.478 e. The summed E-state index contributed by atoms with van der Waals surface area (Å²) in [7, 11) is 0. The van der Waals surface area contributed by atoms with Gasteiger partial charge in [0.2, 0.25) is 11.8 Å². The third kappa shape index (κ3) is 5.45. The number of nitrogens with one attached hydrogen (secondary N) is 1. The zero-order chi connectivity index (χ0) is 25.8. The van der Waals surface area contributed by atoms with E-state index in [0.29, 0.717) is 23.0 Å². The second-order valence-corrected chi connectivity index (χ2v) is 9.04. The van der Waals surface area contributed by atoms with Gasteiger partial charge in [0.05, 0.1) is 12.1 Å². The topological polar surface area (TPSA) is 109 Å². The fraction of sp³-hybridized carbons (Fsp3) is 0.333. The number of amides is 2. The van der Waals surface area contributed by atoms with Crippen molar-refractivity contribution in [2.45, 2.75) is 44.9 Å². The molecule has 1 aliphatic heterocycles. The van der Waals surface area contributed by atoms with Gasteiger partial charge in [-0.1, -0.05) is 30.3 Å². The van der Waals surface area contributed by atoms with Crippen LogP contribution in [-0.4, -0.2) is 63.4 Å². The summed E-state index contributed by atoms with van der Waals surface area (Å²) in [6.45, 7) is 1.39. The Morgan fingerprint density at radius 2 is 1.86 bits per heavy atom. The first kappa shape index (κ1) is 25.1. The van der Waals surface area contributed by atoms with Crippen molar-refractivity contribution in [2.75, 3.05) is 13.1 Å². The van der Waals surface area contributed by atoms with Gasteiger partial charge in [-0.25, -0.2) is 9.18 Å². The number of halogens is 1. The van der Waals surface area contributed by atoms with Gasteiger partial charge in [0, 0.05) is 35.6 Å². The van der Waals surface area contributed by atoms with Crippen molar-refractivity contribution in [2.24, 2.45) is 0 Å². The van der Waals surface area contributed by atoms with Crippen LogP contribution in [0.4, 0.5) is 4.39 Å². The number of carboxylic acid groups (broad SMARTS) is 1. The minimum absolute atomic E-state index is 0.0258. The molecule has 1 aromatic heterocycles. The largest absolute Gasteiger partial charge is 0.478 e. The monoisotopic (exact) mass is 493 g/mol. The predicted molar refractivity (Wildman–Crippen MR) is 132 cm³/mol. The molecule has 2 atom stereocenters. The van der Waals surface area contributed by atoms with Crippen molar-refractivity contribution >= 4 is 34.5 Å². The Labute approximate surface area is 207 Å².